The number of rotatable bonds is 17. The summed E-state index contributed by atoms with van der Waals surface area (Å²) >= 11 is 2.27. The topological polar surface area (TPSA) is 94.9 Å². The lowest BCUT2D eigenvalue weighted by Crippen LogP contribution is -2.13. The summed E-state index contributed by atoms with van der Waals surface area (Å²) in [5.74, 6) is 0. The fraction of sp³-hybridized carbons (Fsp3) is 1.00. The molecule has 21 heavy (non-hydrogen) atoms. The summed E-state index contributed by atoms with van der Waals surface area (Å²) in [6.45, 7) is 5.94. The Kier molecular flexibility index (Phi) is 19.7. The molecule has 124 valence electrons. The second-order valence-electron chi connectivity index (χ2n) is 3.71. The number of hydrogen-bond donors (Lipinski definition) is 0. The smallest absolute Gasteiger partial charge is 0.0701 e. The number of ether oxygens (including phenoxy) is 5. The zero-order chi connectivity index (χ0) is 15.4. The van der Waals surface area contributed by atoms with Crippen LogP contribution in [0.15, 0.2) is 5.11 Å². The molecule has 0 rings (SSSR count). The van der Waals surface area contributed by atoms with Gasteiger partial charge in [-0.3, -0.25) is 0 Å². The summed E-state index contributed by atoms with van der Waals surface area (Å²) in [6, 6.07) is 0. The molecule has 9 heteroatoms. The highest BCUT2D eigenvalue weighted by Crippen LogP contribution is 1.85. The lowest BCUT2D eigenvalue weighted by Gasteiger charge is -2.07. The molecular weight excluding hydrogens is 393 g/mol. The van der Waals surface area contributed by atoms with Gasteiger partial charge in [-0.2, -0.15) is 0 Å². The first-order chi connectivity index (χ1) is 10.4. The number of nitrogens with zero attached hydrogens (tertiary/aromatic N) is 3. The third-order valence-corrected chi connectivity index (χ3v) is 2.55. The lowest BCUT2D eigenvalue weighted by atomic mass is 10.7. The molecule has 0 saturated heterocycles. The minimum absolute atomic E-state index is 0.350. The van der Waals surface area contributed by atoms with Crippen molar-refractivity contribution in [3.63, 3.8) is 0 Å². The van der Waals surface area contributed by atoms with Gasteiger partial charge in [-0.05, 0) is 5.53 Å². The monoisotopic (exact) mass is 417 g/mol. The second kappa shape index (κ2) is 19.8. The van der Waals surface area contributed by atoms with E-state index in [-0.39, 0.29) is 0 Å². The molecule has 0 aliphatic carbocycles. The Balaban J connectivity index is 2.94. The van der Waals surface area contributed by atoms with Gasteiger partial charge in [0.15, 0.2) is 0 Å². The minimum atomic E-state index is 0.350. The molecule has 0 aromatic rings. The van der Waals surface area contributed by atoms with E-state index in [0.29, 0.717) is 66.0 Å². The van der Waals surface area contributed by atoms with E-state index in [1.807, 2.05) is 0 Å². The molecule has 0 aromatic carbocycles. The molecule has 0 saturated carbocycles. The van der Waals surface area contributed by atoms with Crippen molar-refractivity contribution in [3.05, 3.63) is 10.4 Å². The van der Waals surface area contributed by atoms with Crippen LogP contribution in [0.2, 0.25) is 0 Å². The van der Waals surface area contributed by atoms with Crippen molar-refractivity contribution in [3.8, 4) is 0 Å². The average Bonchev–Trinajstić information content (AvgIpc) is 2.50. The maximum atomic E-state index is 8.04. The van der Waals surface area contributed by atoms with Crippen molar-refractivity contribution in [1.82, 2.24) is 0 Å². The molecule has 0 aliphatic heterocycles. The third kappa shape index (κ3) is 19.8. The van der Waals surface area contributed by atoms with Crippen molar-refractivity contribution >= 4 is 22.6 Å². The van der Waals surface area contributed by atoms with Crippen LogP contribution in [-0.2, 0) is 23.7 Å². The quantitative estimate of drug-likeness (QED) is 0.0899. The van der Waals surface area contributed by atoms with E-state index in [1.54, 1.807) is 0 Å². The Morgan fingerprint density at radius 1 is 0.667 bits per heavy atom. The van der Waals surface area contributed by atoms with Gasteiger partial charge in [-0.15, -0.1) is 0 Å². The molecule has 0 radical (unpaired) electrons. The average molecular weight is 417 g/mol. The van der Waals surface area contributed by atoms with Gasteiger partial charge in [0.1, 0.15) is 0 Å². The van der Waals surface area contributed by atoms with Gasteiger partial charge >= 0.3 is 0 Å². The SMILES string of the molecule is [N-]=[N+]=NCCOCCOCCOCCOCCOCCI. The van der Waals surface area contributed by atoms with Crippen LogP contribution in [0.3, 0.4) is 0 Å². The van der Waals surface area contributed by atoms with E-state index in [9.17, 15) is 0 Å². The normalized spacial score (nSPS) is 10.5. The molecule has 0 N–H and O–H groups in total. The van der Waals surface area contributed by atoms with Crippen molar-refractivity contribution in [2.75, 3.05) is 77.0 Å². The summed E-state index contributed by atoms with van der Waals surface area (Å²) in [5.41, 5.74) is 8.04. The number of azide groups is 1. The van der Waals surface area contributed by atoms with Crippen LogP contribution in [0.5, 0.6) is 0 Å². The van der Waals surface area contributed by atoms with Crippen molar-refractivity contribution in [2.45, 2.75) is 0 Å². The molecule has 0 bridgehead atoms. The Bertz CT molecular complexity index is 255. The van der Waals surface area contributed by atoms with Crippen LogP contribution < -0.4 is 0 Å². The van der Waals surface area contributed by atoms with Crippen molar-refractivity contribution < 1.29 is 23.7 Å². The molecule has 0 heterocycles. The van der Waals surface area contributed by atoms with Gasteiger partial charge in [0.2, 0.25) is 0 Å². The number of halogens is 1. The van der Waals surface area contributed by atoms with Gasteiger partial charge in [-0.1, -0.05) is 27.7 Å². The summed E-state index contributed by atoms with van der Waals surface area (Å²) in [6.07, 6.45) is 0. The van der Waals surface area contributed by atoms with Gasteiger partial charge in [0.05, 0.1) is 66.1 Å². The minimum Gasteiger partial charge on any atom is -0.379 e. The predicted octanol–water partition coefficient (Wildman–Crippen LogP) is 1.81. The molecule has 0 amide bonds. The van der Waals surface area contributed by atoms with Crippen LogP contribution >= 0.6 is 22.6 Å². The first-order valence-corrected chi connectivity index (χ1v) is 8.40. The Morgan fingerprint density at radius 3 is 1.43 bits per heavy atom. The largest absolute Gasteiger partial charge is 0.379 e. The van der Waals surface area contributed by atoms with E-state index in [0.717, 1.165) is 11.0 Å². The summed E-state index contributed by atoms with van der Waals surface area (Å²) in [7, 11) is 0. The van der Waals surface area contributed by atoms with Crippen LogP contribution in [-0.4, -0.2) is 77.0 Å². The van der Waals surface area contributed by atoms with E-state index in [4.69, 9.17) is 29.2 Å². The highest BCUT2D eigenvalue weighted by molar-refractivity contribution is 14.1. The number of hydrogen-bond acceptors (Lipinski definition) is 6. The first kappa shape index (κ1) is 20.8. The molecular formula is C12H24IN3O5. The molecule has 0 spiro atoms. The Hall–Kier alpha value is -0.160. The van der Waals surface area contributed by atoms with Crippen LogP contribution in [0.25, 0.3) is 10.4 Å². The first-order valence-electron chi connectivity index (χ1n) is 6.87. The fourth-order valence-corrected chi connectivity index (χ4v) is 1.50. The maximum Gasteiger partial charge on any atom is 0.0701 e. The third-order valence-electron chi connectivity index (χ3n) is 2.11. The predicted molar refractivity (Wildman–Crippen MR) is 87.0 cm³/mol. The van der Waals surface area contributed by atoms with Gasteiger partial charge in [-0.25, -0.2) is 0 Å². The molecule has 0 aliphatic rings. The molecule has 0 unspecified atom stereocenters. The van der Waals surface area contributed by atoms with Crippen molar-refractivity contribution in [1.29, 1.82) is 0 Å². The lowest BCUT2D eigenvalue weighted by molar-refractivity contribution is -0.00942. The van der Waals surface area contributed by atoms with Crippen LogP contribution in [0.4, 0.5) is 0 Å². The van der Waals surface area contributed by atoms with Crippen molar-refractivity contribution in [2.24, 2.45) is 5.11 Å². The Labute approximate surface area is 139 Å². The highest BCUT2D eigenvalue weighted by Gasteiger charge is 1.93. The van der Waals surface area contributed by atoms with Gasteiger partial charge in [0.25, 0.3) is 0 Å². The van der Waals surface area contributed by atoms with Gasteiger partial charge in [0, 0.05) is 15.9 Å². The second-order valence-corrected chi connectivity index (χ2v) is 4.78. The fourth-order valence-electron chi connectivity index (χ4n) is 1.19. The zero-order valence-electron chi connectivity index (χ0n) is 12.2. The van der Waals surface area contributed by atoms with Gasteiger partial charge < -0.3 is 23.7 Å². The summed E-state index contributed by atoms with van der Waals surface area (Å²) in [5, 5.41) is 3.35. The van der Waals surface area contributed by atoms with E-state index < -0.39 is 0 Å². The maximum absolute atomic E-state index is 8.04. The Morgan fingerprint density at radius 2 is 1.05 bits per heavy atom. The highest BCUT2D eigenvalue weighted by atomic mass is 127. The molecule has 0 fully saturated rings. The van der Waals surface area contributed by atoms with E-state index >= 15 is 0 Å². The molecule has 0 aromatic heterocycles. The summed E-state index contributed by atoms with van der Waals surface area (Å²) in [4.78, 5) is 2.62. The van der Waals surface area contributed by atoms with Crippen LogP contribution in [0, 0.1) is 0 Å². The van der Waals surface area contributed by atoms with Crippen LogP contribution in [0.1, 0.15) is 0 Å². The summed E-state index contributed by atoms with van der Waals surface area (Å²) < 4.78 is 27.4. The zero-order valence-corrected chi connectivity index (χ0v) is 14.4. The standard InChI is InChI=1S/C12H24IN3O5/c13-1-3-17-5-7-19-9-11-21-12-10-20-8-6-18-4-2-15-16-14/h1-12H2. The molecule has 8 nitrogen and oxygen atoms in total. The number of alkyl halides is 1. The molecule has 0 atom stereocenters. The van der Waals surface area contributed by atoms with E-state index in [1.165, 1.54) is 0 Å². The van der Waals surface area contributed by atoms with E-state index in [2.05, 4.69) is 32.6 Å².